The molecule has 1 heterocycles. The summed E-state index contributed by atoms with van der Waals surface area (Å²) in [5, 5.41) is 4.92. The van der Waals surface area contributed by atoms with Crippen molar-refractivity contribution in [2.45, 2.75) is 17.6 Å². The van der Waals surface area contributed by atoms with Crippen LogP contribution in [-0.2, 0) is 16.4 Å². The minimum Gasteiger partial charge on any atom is -0.398 e. The zero-order valence-corrected chi connectivity index (χ0v) is 8.21. The first-order valence-corrected chi connectivity index (χ1v) is 5.72. The van der Waals surface area contributed by atoms with Crippen LogP contribution >= 0.6 is 11.3 Å². The number of primary sulfonamides is 1. The van der Waals surface area contributed by atoms with E-state index in [-0.39, 0.29) is 4.21 Å². The van der Waals surface area contributed by atoms with Gasteiger partial charge in [-0.25, -0.2) is 13.6 Å². The topological polar surface area (TPSA) is 86.2 Å². The molecule has 0 fully saturated rings. The van der Waals surface area contributed by atoms with E-state index in [9.17, 15) is 8.42 Å². The summed E-state index contributed by atoms with van der Waals surface area (Å²) in [6.07, 6.45) is 0.728. The first kappa shape index (κ1) is 9.50. The van der Waals surface area contributed by atoms with E-state index in [4.69, 9.17) is 10.9 Å². The third-order valence-electron chi connectivity index (χ3n) is 1.42. The summed E-state index contributed by atoms with van der Waals surface area (Å²) >= 11 is 1.13. The molecular formula is C6H10N2O2S2. The van der Waals surface area contributed by atoms with Gasteiger partial charge >= 0.3 is 0 Å². The predicted octanol–water partition coefficient (Wildman–Crippen LogP) is 0.540. The van der Waals surface area contributed by atoms with Crippen molar-refractivity contribution in [3.63, 3.8) is 0 Å². The summed E-state index contributed by atoms with van der Waals surface area (Å²) in [5.74, 6) is 0. The molecule has 1 aromatic rings. The molecule has 0 aliphatic rings. The quantitative estimate of drug-likeness (QED) is 0.740. The van der Waals surface area contributed by atoms with Crippen molar-refractivity contribution in [1.29, 1.82) is 0 Å². The normalized spacial score (nSPS) is 11.8. The summed E-state index contributed by atoms with van der Waals surface area (Å²) in [5.41, 5.74) is 6.05. The van der Waals surface area contributed by atoms with Gasteiger partial charge in [-0.15, -0.1) is 11.3 Å². The second-order valence-corrected chi connectivity index (χ2v) is 5.27. The highest BCUT2D eigenvalue weighted by Gasteiger charge is 2.13. The van der Waals surface area contributed by atoms with E-state index in [1.165, 1.54) is 6.07 Å². The van der Waals surface area contributed by atoms with E-state index >= 15 is 0 Å². The Balaban J connectivity index is 3.23. The number of nitrogen functional groups attached to an aromatic ring is 1. The molecule has 4 nitrogen and oxygen atoms in total. The highest BCUT2D eigenvalue weighted by molar-refractivity contribution is 7.91. The first-order chi connectivity index (χ1) is 5.45. The van der Waals surface area contributed by atoms with Crippen LogP contribution < -0.4 is 10.9 Å². The van der Waals surface area contributed by atoms with Crippen molar-refractivity contribution < 1.29 is 8.42 Å². The Morgan fingerprint density at radius 2 is 2.17 bits per heavy atom. The third-order valence-corrected chi connectivity index (χ3v) is 4.14. The number of anilines is 1. The Kier molecular flexibility index (Phi) is 2.41. The molecule has 6 heteroatoms. The molecular weight excluding hydrogens is 196 g/mol. The Morgan fingerprint density at radius 3 is 2.42 bits per heavy atom. The number of nitrogens with two attached hydrogens (primary N) is 2. The lowest BCUT2D eigenvalue weighted by Gasteiger charge is -1.88. The summed E-state index contributed by atoms with van der Waals surface area (Å²) in [4.78, 5) is 0.860. The highest BCUT2D eigenvalue weighted by atomic mass is 32.2. The maximum atomic E-state index is 10.8. The van der Waals surface area contributed by atoms with Gasteiger partial charge in [-0.05, 0) is 12.5 Å². The standard InChI is InChI=1S/C6H10N2O2S2/c1-2-5-4(7)3-6(11-5)12(8,9)10/h3H,2,7H2,1H3,(H2,8,9,10). The minimum atomic E-state index is -3.58. The zero-order chi connectivity index (χ0) is 9.35. The van der Waals surface area contributed by atoms with E-state index in [0.29, 0.717) is 5.69 Å². The number of thiophene rings is 1. The SMILES string of the molecule is CCc1sc(S(N)(=O)=O)cc1N. The first-order valence-electron chi connectivity index (χ1n) is 3.36. The molecule has 0 aromatic carbocycles. The van der Waals surface area contributed by atoms with Crippen molar-refractivity contribution in [1.82, 2.24) is 0 Å². The molecule has 0 amide bonds. The molecule has 0 saturated carbocycles. The number of hydrogen-bond acceptors (Lipinski definition) is 4. The van der Waals surface area contributed by atoms with Crippen LogP contribution in [0, 0.1) is 0 Å². The molecule has 68 valence electrons. The highest BCUT2D eigenvalue weighted by Crippen LogP contribution is 2.27. The van der Waals surface area contributed by atoms with E-state index < -0.39 is 10.0 Å². The van der Waals surface area contributed by atoms with Crippen LogP contribution in [0.15, 0.2) is 10.3 Å². The smallest absolute Gasteiger partial charge is 0.247 e. The van der Waals surface area contributed by atoms with E-state index in [0.717, 1.165) is 22.6 Å². The van der Waals surface area contributed by atoms with E-state index in [2.05, 4.69) is 0 Å². The van der Waals surface area contributed by atoms with Gasteiger partial charge < -0.3 is 5.73 Å². The zero-order valence-electron chi connectivity index (χ0n) is 6.57. The Morgan fingerprint density at radius 1 is 1.58 bits per heavy atom. The van der Waals surface area contributed by atoms with Crippen LogP contribution in [-0.4, -0.2) is 8.42 Å². The maximum Gasteiger partial charge on any atom is 0.247 e. The average Bonchev–Trinajstić information content (AvgIpc) is 2.29. The van der Waals surface area contributed by atoms with Gasteiger partial charge in [0.2, 0.25) is 10.0 Å². The van der Waals surface area contributed by atoms with Crippen LogP contribution in [0.2, 0.25) is 0 Å². The van der Waals surface area contributed by atoms with Crippen LogP contribution in [0.1, 0.15) is 11.8 Å². The molecule has 0 spiro atoms. The summed E-state index contributed by atoms with van der Waals surface area (Å²) < 4.78 is 21.8. The van der Waals surface area contributed by atoms with Crippen molar-refractivity contribution in [2.75, 3.05) is 5.73 Å². The lowest BCUT2D eigenvalue weighted by molar-refractivity contribution is 0.600. The van der Waals surface area contributed by atoms with Crippen molar-refractivity contribution in [3.8, 4) is 0 Å². The van der Waals surface area contributed by atoms with Gasteiger partial charge in [0.25, 0.3) is 0 Å². The lowest BCUT2D eigenvalue weighted by atomic mass is 10.3. The summed E-state index contributed by atoms with van der Waals surface area (Å²) in [7, 11) is -3.58. The molecule has 0 saturated heterocycles. The molecule has 12 heavy (non-hydrogen) atoms. The molecule has 0 radical (unpaired) electrons. The second kappa shape index (κ2) is 3.04. The predicted molar refractivity (Wildman–Crippen MR) is 49.5 cm³/mol. The van der Waals surface area contributed by atoms with Gasteiger partial charge in [-0.1, -0.05) is 6.92 Å². The molecule has 4 N–H and O–H groups in total. The van der Waals surface area contributed by atoms with Gasteiger partial charge in [0.05, 0.1) is 0 Å². The average molecular weight is 206 g/mol. The van der Waals surface area contributed by atoms with Crippen molar-refractivity contribution >= 4 is 27.0 Å². The Bertz CT molecular complexity index is 380. The van der Waals surface area contributed by atoms with Crippen molar-refractivity contribution in [2.24, 2.45) is 5.14 Å². The fourth-order valence-electron chi connectivity index (χ4n) is 0.834. The number of rotatable bonds is 2. The Hall–Kier alpha value is -0.590. The number of sulfonamides is 1. The summed E-state index contributed by atoms with van der Waals surface area (Å²) in [6, 6.07) is 1.40. The Labute approximate surface area is 75.2 Å². The van der Waals surface area contributed by atoms with Gasteiger partial charge in [0.15, 0.2) is 0 Å². The largest absolute Gasteiger partial charge is 0.398 e. The minimum absolute atomic E-state index is 0.136. The number of aryl methyl sites for hydroxylation is 1. The fraction of sp³-hybridized carbons (Fsp3) is 0.333. The molecule has 1 aromatic heterocycles. The molecule has 1 rings (SSSR count). The van der Waals surface area contributed by atoms with E-state index in [1.54, 1.807) is 0 Å². The molecule has 0 aliphatic carbocycles. The number of hydrogen-bond donors (Lipinski definition) is 2. The van der Waals surface area contributed by atoms with Crippen LogP contribution in [0.25, 0.3) is 0 Å². The van der Waals surface area contributed by atoms with E-state index in [1.807, 2.05) is 6.92 Å². The monoisotopic (exact) mass is 206 g/mol. The van der Waals surface area contributed by atoms with Crippen LogP contribution in [0.4, 0.5) is 5.69 Å². The van der Waals surface area contributed by atoms with Crippen LogP contribution in [0.3, 0.4) is 0 Å². The lowest BCUT2D eigenvalue weighted by Crippen LogP contribution is -2.09. The van der Waals surface area contributed by atoms with Gasteiger partial charge in [0, 0.05) is 10.6 Å². The molecule has 0 aliphatic heterocycles. The van der Waals surface area contributed by atoms with Gasteiger partial charge in [0.1, 0.15) is 4.21 Å². The second-order valence-electron chi connectivity index (χ2n) is 2.34. The summed E-state index contributed by atoms with van der Waals surface area (Å²) in [6.45, 7) is 1.91. The van der Waals surface area contributed by atoms with Gasteiger partial charge in [-0.3, -0.25) is 0 Å². The molecule has 0 atom stereocenters. The molecule has 0 bridgehead atoms. The maximum absolute atomic E-state index is 10.8. The molecule has 0 unspecified atom stereocenters. The van der Waals surface area contributed by atoms with Gasteiger partial charge in [-0.2, -0.15) is 0 Å². The fourth-order valence-corrected chi connectivity index (χ4v) is 2.64. The van der Waals surface area contributed by atoms with Crippen LogP contribution in [0.5, 0.6) is 0 Å². The third kappa shape index (κ3) is 1.77. The van der Waals surface area contributed by atoms with Crippen molar-refractivity contribution in [3.05, 3.63) is 10.9 Å².